The molecule has 2 N–H and O–H groups in total. The van der Waals surface area contributed by atoms with E-state index >= 15 is 0 Å². The Bertz CT molecular complexity index is 893. The molecule has 0 saturated carbocycles. The first-order chi connectivity index (χ1) is 16.1. The van der Waals surface area contributed by atoms with Crippen molar-refractivity contribution in [3.05, 3.63) is 59.7 Å². The van der Waals surface area contributed by atoms with Crippen molar-refractivity contribution in [2.45, 2.75) is 39.3 Å². The predicted molar refractivity (Wildman–Crippen MR) is 134 cm³/mol. The van der Waals surface area contributed by atoms with E-state index in [0.717, 1.165) is 43.3 Å². The van der Waals surface area contributed by atoms with Crippen molar-refractivity contribution in [3.63, 3.8) is 0 Å². The van der Waals surface area contributed by atoms with Crippen molar-refractivity contribution in [1.29, 1.82) is 0 Å². The van der Waals surface area contributed by atoms with Crippen LogP contribution < -0.4 is 20.3 Å². The first kappa shape index (κ1) is 23.4. The third-order valence-corrected chi connectivity index (χ3v) is 7.01. The summed E-state index contributed by atoms with van der Waals surface area (Å²) in [4.78, 5) is 17.2. The van der Waals surface area contributed by atoms with Crippen LogP contribution in [-0.4, -0.2) is 50.8 Å². The van der Waals surface area contributed by atoms with E-state index in [2.05, 4.69) is 63.8 Å². The number of rotatable bonds is 8. The lowest BCUT2D eigenvalue weighted by atomic mass is 9.99. The summed E-state index contributed by atoms with van der Waals surface area (Å²) >= 11 is 0. The minimum atomic E-state index is -0.0960. The van der Waals surface area contributed by atoms with Crippen LogP contribution >= 0.6 is 0 Å². The number of hydrogen-bond acceptors (Lipinski definition) is 4. The van der Waals surface area contributed by atoms with E-state index < -0.39 is 0 Å². The van der Waals surface area contributed by atoms with E-state index in [-0.39, 0.29) is 6.03 Å². The van der Waals surface area contributed by atoms with Gasteiger partial charge in [-0.25, -0.2) is 4.79 Å². The standard InChI is InChI=1S/C27H38N4O2/c1-21-10-13-30(14-11-21)19-23-8-6-22(7-9-23)17-28-27(32)29-18-24-12-15-31(20-24)25-4-3-5-26(16-25)33-2/h3-9,16,21,24H,10-15,17-20H2,1-2H3,(H2,28,29,32). The van der Waals surface area contributed by atoms with Gasteiger partial charge < -0.3 is 20.3 Å². The van der Waals surface area contributed by atoms with Crippen LogP contribution in [0, 0.1) is 11.8 Å². The Hall–Kier alpha value is -2.73. The number of carbonyl (C=O) groups is 1. The number of likely N-dealkylation sites (tertiary alicyclic amines) is 1. The smallest absolute Gasteiger partial charge is 0.315 e. The van der Waals surface area contributed by atoms with E-state index in [1.54, 1.807) is 7.11 Å². The largest absolute Gasteiger partial charge is 0.497 e. The van der Waals surface area contributed by atoms with Crippen molar-refractivity contribution < 1.29 is 9.53 Å². The number of hydrogen-bond donors (Lipinski definition) is 2. The summed E-state index contributed by atoms with van der Waals surface area (Å²) in [6.07, 6.45) is 3.68. The van der Waals surface area contributed by atoms with Crippen molar-refractivity contribution in [3.8, 4) is 5.75 Å². The molecule has 0 spiro atoms. The van der Waals surface area contributed by atoms with E-state index in [4.69, 9.17) is 4.74 Å². The van der Waals surface area contributed by atoms with E-state index in [9.17, 15) is 4.79 Å². The molecule has 6 nitrogen and oxygen atoms in total. The van der Waals surface area contributed by atoms with Gasteiger partial charge in [-0.05, 0) is 67.4 Å². The molecule has 0 aliphatic carbocycles. The van der Waals surface area contributed by atoms with Gasteiger partial charge in [0.2, 0.25) is 0 Å². The Morgan fingerprint density at radius 3 is 2.52 bits per heavy atom. The molecule has 2 saturated heterocycles. The molecule has 2 aliphatic heterocycles. The second kappa shape index (κ2) is 11.4. The summed E-state index contributed by atoms with van der Waals surface area (Å²) in [6, 6.07) is 16.7. The van der Waals surface area contributed by atoms with E-state index in [1.165, 1.54) is 37.2 Å². The Labute approximate surface area is 198 Å². The molecule has 1 atom stereocenters. The maximum atomic E-state index is 12.3. The Balaban J connectivity index is 1.15. The van der Waals surface area contributed by atoms with E-state index in [0.29, 0.717) is 19.0 Å². The summed E-state index contributed by atoms with van der Waals surface area (Å²) in [7, 11) is 1.69. The highest BCUT2D eigenvalue weighted by molar-refractivity contribution is 5.73. The molecule has 0 radical (unpaired) electrons. The van der Waals surface area contributed by atoms with Gasteiger partial charge in [0, 0.05) is 44.5 Å². The zero-order chi connectivity index (χ0) is 23.0. The molecule has 0 aromatic heterocycles. The average Bonchev–Trinajstić information content (AvgIpc) is 3.33. The lowest BCUT2D eigenvalue weighted by molar-refractivity contribution is 0.185. The number of nitrogens with zero attached hydrogens (tertiary/aromatic N) is 2. The average molecular weight is 451 g/mol. The normalized spacial score (nSPS) is 19.5. The Kier molecular flexibility index (Phi) is 8.10. The number of amides is 2. The molecule has 2 aromatic carbocycles. The molecule has 178 valence electrons. The number of benzene rings is 2. The van der Waals surface area contributed by atoms with Crippen LogP contribution in [0.5, 0.6) is 5.75 Å². The minimum Gasteiger partial charge on any atom is -0.497 e. The summed E-state index contributed by atoms with van der Waals surface area (Å²) in [5.41, 5.74) is 3.66. The predicted octanol–water partition coefficient (Wildman–Crippen LogP) is 4.25. The number of ether oxygens (including phenoxy) is 1. The third-order valence-electron chi connectivity index (χ3n) is 7.01. The molecule has 0 bridgehead atoms. The lowest BCUT2D eigenvalue weighted by Gasteiger charge is -2.30. The topological polar surface area (TPSA) is 56.8 Å². The number of piperidine rings is 1. The quantitative estimate of drug-likeness (QED) is 0.631. The highest BCUT2D eigenvalue weighted by Gasteiger charge is 2.23. The van der Waals surface area contributed by atoms with E-state index in [1.807, 2.05) is 12.1 Å². The minimum absolute atomic E-state index is 0.0960. The fraction of sp³-hybridized carbons (Fsp3) is 0.519. The summed E-state index contributed by atoms with van der Waals surface area (Å²) in [6.45, 7) is 8.96. The molecule has 2 aromatic rings. The van der Waals surface area contributed by atoms with Crippen molar-refractivity contribution in [2.75, 3.05) is 44.7 Å². The number of anilines is 1. The summed E-state index contributed by atoms with van der Waals surface area (Å²) in [5, 5.41) is 6.05. The maximum Gasteiger partial charge on any atom is 0.315 e. The molecule has 1 unspecified atom stereocenters. The van der Waals surface area contributed by atoms with Gasteiger partial charge in [0.1, 0.15) is 5.75 Å². The second-order valence-electron chi connectivity index (χ2n) is 9.64. The Morgan fingerprint density at radius 2 is 1.76 bits per heavy atom. The van der Waals surface area contributed by atoms with Crippen LogP contribution in [0.3, 0.4) is 0 Å². The highest BCUT2D eigenvalue weighted by Crippen LogP contribution is 2.26. The van der Waals surface area contributed by atoms with Gasteiger partial charge in [-0.15, -0.1) is 0 Å². The molecule has 2 amide bonds. The van der Waals surface area contributed by atoms with Crippen LogP contribution in [0.1, 0.15) is 37.3 Å². The van der Waals surface area contributed by atoms with Gasteiger partial charge >= 0.3 is 6.03 Å². The molecular formula is C27H38N4O2. The molecule has 6 heteroatoms. The summed E-state index contributed by atoms with van der Waals surface area (Å²) < 4.78 is 5.33. The van der Waals surface area contributed by atoms with Crippen LogP contribution in [0.15, 0.2) is 48.5 Å². The van der Waals surface area contributed by atoms with Crippen molar-refractivity contribution in [1.82, 2.24) is 15.5 Å². The highest BCUT2D eigenvalue weighted by atomic mass is 16.5. The monoisotopic (exact) mass is 450 g/mol. The van der Waals surface area contributed by atoms with Gasteiger partial charge in [0.25, 0.3) is 0 Å². The Morgan fingerprint density at radius 1 is 1.00 bits per heavy atom. The fourth-order valence-corrected chi connectivity index (χ4v) is 4.76. The zero-order valence-electron chi connectivity index (χ0n) is 20.1. The molecule has 2 fully saturated rings. The van der Waals surface area contributed by atoms with Gasteiger partial charge in [0.15, 0.2) is 0 Å². The third kappa shape index (κ3) is 6.87. The van der Waals surface area contributed by atoms with Gasteiger partial charge in [-0.1, -0.05) is 37.3 Å². The molecule has 33 heavy (non-hydrogen) atoms. The zero-order valence-corrected chi connectivity index (χ0v) is 20.1. The number of nitrogens with one attached hydrogen (secondary N) is 2. The van der Waals surface area contributed by atoms with Crippen LogP contribution in [-0.2, 0) is 13.1 Å². The van der Waals surface area contributed by atoms with Crippen LogP contribution in [0.25, 0.3) is 0 Å². The molecule has 2 aliphatic rings. The number of carbonyl (C=O) groups excluding carboxylic acids is 1. The second-order valence-corrected chi connectivity index (χ2v) is 9.64. The lowest BCUT2D eigenvalue weighted by Crippen LogP contribution is -2.38. The first-order valence-electron chi connectivity index (χ1n) is 12.3. The molecule has 4 rings (SSSR count). The number of urea groups is 1. The summed E-state index contributed by atoms with van der Waals surface area (Å²) in [5.74, 6) is 2.20. The van der Waals surface area contributed by atoms with Gasteiger partial charge in [0.05, 0.1) is 7.11 Å². The van der Waals surface area contributed by atoms with Gasteiger partial charge in [-0.2, -0.15) is 0 Å². The maximum absolute atomic E-state index is 12.3. The van der Waals surface area contributed by atoms with Crippen LogP contribution in [0.2, 0.25) is 0 Å². The van der Waals surface area contributed by atoms with Crippen molar-refractivity contribution >= 4 is 11.7 Å². The first-order valence-corrected chi connectivity index (χ1v) is 12.3. The molecule has 2 heterocycles. The fourth-order valence-electron chi connectivity index (χ4n) is 4.76. The number of methoxy groups -OCH3 is 1. The molecular weight excluding hydrogens is 412 g/mol. The van der Waals surface area contributed by atoms with Crippen molar-refractivity contribution in [2.24, 2.45) is 11.8 Å². The SMILES string of the molecule is COc1cccc(N2CCC(CNC(=O)NCc3ccc(CN4CCC(C)CC4)cc3)C2)c1. The van der Waals surface area contributed by atoms with Gasteiger partial charge in [-0.3, -0.25) is 4.90 Å². The van der Waals surface area contributed by atoms with Crippen LogP contribution in [0.4, 0.5) is 10.5 Å².